The van der Waals surface area contributed by atoms with E-state index in [4.69, 9.17) is 21.3 Å². The van der Waals surface area contributed by atoms with Crippen molar-refractivity contribution >= 4 is 11.6 Å². The Bertz CT molecular complexity index is 455. The van der Waals surface area contributed by atoms with Gasteiger partial charge in [0.15, 0.2) is 5.82 Å². The average Bonchev–Trinajstić information content (AvgIpc) is 2.98. The van der Waals surface area contributed by atoms with Crippen molar-refractivity contribution in [1.29, 1.82) is 0 Å². The third-order valence-corrected chi connectivity index (χ3v) is 4.43. The number of rotatable bonds is 3. The second-order valence-electron chi connectivity index (χ2n) is 5.25. The second-order valence-corrected chi connectivity index (χ2v) is 5.61. The molecule has 0 unspecified atom stereocenters. The van der Waals surface area contributed by atoms with Crippen LogP contribution in [-0.4, -0.2) is 16.6 Å². The first-order valence-electron chi connectivity index (χ1n) is 6.95. The number of hydrogen-bond donors (Lipinski definition) is 0. The molecule has 0 N–H and O–H groups in total. The summed E-state index contributed by atoms with van der Waals surface area (Å²) in [7, 11) is 0. The van der Waals surface area contributed by atoms with Crippen molar-refractivity contribution in [1.82, 2.24) is 9.97 Å². The quantitative estimate of drug-likeness (QED) is 0.787. The highest BCUT2D eigenvalue weighted by Gasteiger charge is 2.40. The molecule has 1 saturated carbocycles. The van der Waals surface area contributed by atoms with Crippen LogP contribution in [0.1, 0.15) is 56.1 Å². The molecule has 2 aliphatic carbocycles. The molecule has 2 aliphatic rings. The summed E-state index contributed by atoms with van der Waals surface area (Å²) in [6.45, 7) is 2.74. The number of hydrogen-bond acceptors (Lipinski definition) is 3. The van der Waals surface area contributed by atoms with Gasteiger partial charge in [-0.25, -0.2) is 9.97 Å². The molecule has 1 fully saturated rings. The normalized spacial score (nSPS) is 21.2. The van der Waals surface area contributed by atoms with Crippen molar-refractivity contribution < 1.29 is 4.74 Å². The molecule has 0 saturated heterocycles. The van der Waals surface area contributed by atoms with Crippen molar-refractivity contribution in [3.05, 3.63) is 22.2 Å². The minimum atomic E-state index is -0.268. The van der Waals surface area contributed by atoms with Gasteiger partial charge in [-0.3, -0.25) is 0 Å². The van der Waals surface area contributed by atoms with Crippen molar-refractivity contribution in [2.24, 2.45) is 0 Å². The molecule has 0 amide bonds. The summed E-state index contributed by atoms with van der Waals surface area (Å²) in [5.41, 5.74) is 2.04. The van der Waals surface area contributed by atoms with Gasteiger partial charge in [0, 0.05) is 17.9 Å². The molecule has 1 aromatic rings. The number of halogens is 1. The Morgan fingerprint density at radius 3 is 2.67 bits per heavy atom. The van der Waals surface area contributed by atoms with Crippen LogP contribution in [0.5, 0.6) is 0 Å². The van der Waals surface area contributed by atoms with Gasteiger partial charge in [-0.05, 0) is 51.9 Å². The highest BCUT2D eigenvalue weighted by atomic mass is 35.5. The van der Waals surface area contributed by atoms with Crippen LogP contribution in [0, 0.1) is 0 Å². The molecule has 3 rings (SSSR count). The minimum Gasteiger partial charge on any atom is -0.367 e. The maximum absolute atomic E-state index is 6.31. The summed E-state index contributed by atoms with van der Waals surface area (Å²) in [4.78, 5) is 9.31. The third-order valence-electron chi connectivity index (χ3n) is 4.12. The van der Waals surface area contributed by atoms with Gasteiger partial charge in [0.1, 0.15) is 10.8 Å². The van der Waals surface area contributed by atoms with Gasteiger partial charge in [-0.1, -0.05) is 11.6 Å². The molecule has 1 heterocycles. The highest BCUT2D eigenvalue weighted by Crippen LogP contribution is 2.41. The van der Waals surface area contributed by atoms with Crippen molar-refractivity contribution in [3.63, 3.8) is 0 Å². The largest absolute Gasteiger partial charge is 0.367 e. The van der Waals surface area contributed by atoms with Crippen molar-refractivity contribution in [2.45, 2.75) is 57.5 Å². The van der Waals surface area contributed by atoms with Crippen molar-refractivity contribution in [3.8, 4) is 0 Å². The van der Waals surface area contributed by atoms with E-state index in [1.165, 1.54) is 12.8 Å². The SMILES string of the molecule is CCOC1(c2nc(Cl)c3c(n2)CCC3)CCCC1. The van der Waals surface area contributed by atoms with E-state index in [0.29, 0.717) is 11.8 Å². The van der Waals surface area contributed by atoms with E-state index < -0.39 is 0 Å². The average molecular weight is 267 g/mol. The number of ether oxygens (including phenoxy) is 1. The second kappa shape index (κ2) is 4.78. The fraction of sp³-hybridized carbons (Fsp3) is 0.714. The zero-order valence-corrected chi connectivity index (χ0v) is 11.6. The Labute approximate surface area is 113 Å². The van der Waals surface area contributed by atoms with Crippen LogP contribution in [0.15, 0.2) is 0 Å². The lowest BCUT2D eigenvalue weighted by molar-refractivity contribution is -0.0458. The lowest BCUT2D eigenvalue weighted by atomic mass is 10.0. The maximum atomic E-state index is 6.31. The molecule has 0 radical (unpaired) electrons. The predicted molar refractivity (Wildman–Crippen MR) is 70.8 cm³/mol. The van der Waals surface area contributed by atoms with E-state index in [2.05, 4.69) is 4.98 Å². The molecule has 0 bridgehead atoms. The predicted octanol–water partition coefficient (Wildman–Crippen LogP) is 3.42. The van der Waals surface area contributed by atoms with E-state index in [1.54, 1.807) is 0 Å². The lowest BCUT2D eigenvalue weighted by Gasteiger charge is -2.27. The molecule has 18 heavy (non-hydrogen) atoms. The van der Waals surface area contributed by atoms with Gasteiger partial charge >= 0.3 is 0 Å². The van der Waals surface area contributed by atoms with Crippen LogP contribution >= 0.6 is 11.6 Å². The summed E-state index contributed by atoms with van der Waals surface area (Å²) < 4.78 is 6.01. The summed E-state index contributed by atoms with van der Waals surface area (Å²) in [6.07, 6.45) is 7.64. The zero-order chi connectivity index (χ0) is 12.6. The monoisotopic (exact) mass is 266 g/mol. The van der Waals surface area contributed by atoms with E-state index in [1.807, 2.05) is 6.92 Å². The smallest absolute Gasteiger partial charge is 0.162 e. The van der Waals surface area contributed by atoms with Crippen molar-refractivity contribution in [2.75, 3.05) is 6.61 Å². The molecule has 0 atom stereocenters. The first-order valence-corrected chi connectivity index (χ1v) is 7.33. The molecule has 98 valence electrons. The van der Waals surface area contributed by atoms with E-state index in [9.17, 15) is 0 Å². The molecular formula is C14H19ClN2O. The van der Waals surface area contributed by atoms with Crippen LogP contribution < -0.4 is 0 Å². The molecule has 3 nitrogen and oxygen atoms in total. The maximum Gasteiger partial charge on any atom is 0.162 e. The van der Waals surface area contributed by atoms with Gasteiger partial charge in [0.2, 0.25) is 0 Å². The summed E-state index contributed by atoms with van der Waals surface area (Å²) >= 11 is 6.31. The third kappa shape index (κ3) is 1.94. The Morgan fingerprint density at radius 1 is 1.17 bits per heavy atom. The van der Waals surface area contributed by atoms with Gasteiger partial charge in [-0.2, -0.15) is 0 Å². The highest BCUT2D eigenvalue weighted by molar-refractivity contribution is 6.30. The Balaban J connectivity index is 2.02. The summed E-state index contributed by atoms with van der Waals surface area (Å²) in [5, 5.41) is 0.651. The molecule has 1 aromatic heterocycles. The fourth-order valence-electron chi connectivity index (χ4n) is 3.25. The summed E-state index contributed by atoms with van der Waals surface area (Å²) in [5.74, 6) is 0.826. The van der Waals surface area contributed by atoms with Crippen LogP contribution in [0.2, 0.25) is 5.15 Å². The minimum absolute atomic E-state index is 0.268. The first-order chi connectivity index (χ1) is 8.75. The van der Waals surface area contributed by atoms with Crippen LogP contribution in [0.25, 0.3) is 0 Å². The Kier molecular flexibility index (Phi) is 3.29. The molecule has 0 aromatic carbocycles. The number of aromatic nitrogens is 2. The van der Waals surface area contributed by atoms with Crippen LogP contribution in [-0.2, 0) is 23.2 Å². The topological polar surface area (TPSA) is 35.0 Å². The number of fused-ring (bicyclic) bond motifs is 1. The zero-order valence-electron chi connectivity index (χ0n) is 10.8. The molecule has 0 spiro atoms. The lowest BCUT2D eigenvalue weighted by Crippen LogP contribution is -2.29. The van der Waals surface area contributed by atoms with E-state index >= 15 is 0 Å². The molecule has 0 aliphatic heterocycles. The Hall–Kier alpha value is -0.670. The van der Waals surface area contributed by atoms with Gasteiger partial charge in [-0.15, -0.1) is 0 Å². The van der Waals surface area contributed by atoms with Gasteiger partial charge in [0.05, 0.1) is 0 Å². The van der Waals surface area contributed by atoms with Crippen LogP contribution in [0.3, 0.4) is 0 Å². The first kappa shape index (κ1) is 12.4. The van der Waals surface area contributed by atoms with E-state index in [0.717, 1.165) is 49.2 Å². The Morgan fingerprint density at radius 2 is 1.94 bits per heavy atom. The van der Waals surface area contributed by atoms with E-state index in [-0.39, 0.29) is 5.60 Å². The molecule has 4 heteroatoms. The van der Waals surface area contributed by atoms with Gasteiger partial charge in [0.25, 0.3) is 0 Å². The fourth-order valence-corrected chi connectivity index (χ4v) is 3.53. The number of nitrogens with zero attached hydrogens (tertiary/aromatic N) is 2. The standard InChI is InChI=1S/C14H19ClN2O/c1-2-18-14(8-3-4-9-14)13-16-11-7-5-6-10(11)12(15)17-13/h2-9H2,1H3. The number of aryl methyl sites for hydroxylation is 1. The summed E-state index contributed by atoms with van der Waals surface area (Å²) in [6, 6.07) is 0. The molecular weight excluding hydrogens is 248 g/mol. The van der Waals surface area contributed by atoms with Crippen LogP contribution in [0.4, 0.5) is 0 Å². The van der Waals surface area contributed by atoms with Gasteiger partial charge < -0.3 is 4.74 Å².